The van der Waals surface area contributed by atoms with Crippen molar-refractivity contribution in [2.45, 2.75) is 50.5 Å². The molecule has 5 heteroatoms. The van der Waals surface area contributed by atoms with Crippen LogP contribution in [-0.2, 0) is 10.0 Å². The van der Waals surface area contributed by atoms with Crippen LogP contribution in [0.3, 0.4) is 0 Å². The van der Waals surface area contributed by atoms with Gasteiger partial charge >= 0.3 is 0 Å². The molecule has 1 saturated heterocycles. The van der Waals surface area contributed by atoms with Crippen molar-refractivity contribution in [3.63, 3.8) is 0 Å². The molecule has 1 aliphatic rings. The molecular formula is C15H23NO3S. The van der Waals surface area contributed by atoms with E-state index in [0.717, 1.165) is 11.1 Å². The summed E-state index contributed by atoms with van der Waals surface area (Å²) in [7, 11) is -3.47. The quantitative estimate of drug-likeness (QED) is 0.910. The number of aliphatic hydroxyl groups is 1. The predicted molar refractivity (Wildman–Crippen MR) is 79.1 cm³/mol. The van der Waals surface area contributed by atoms with E-state index in [9.17, 15) is 13.5 Å². The molecule has 1 heterocycles. The summed E-state index contributed by atoms with van der Waals surface area (Å²) in [6.45, 7) is 6.35. The van der Waals surface area contributed by atoms with Gasteiger partial charge in [0.25, 0.3) is 0 Å². The van der Waals surface area contributed by atoms with E-state index < -0.39 is 15.6 Å². The lowest BCUT2D eigenvalue weighted by atomic mass is 9.98. The molecule has 1 atom stereocenters. The maximum absolute atomic E-state index is 12.8. The van der Waals surface area contributed by atoms with Gasteiger partial charge in [-0.15, -0.1) is 0 Å². The normalized spacial score (nSPS) is 25.4. The molecule has 112 valence electrons. The van der Waals surface area contributed by atoms with Crippen LogP contribution in [0.1, 0.15) is 37.3 Å². The summed E-state index contributed by atoms with van der Waals surface area (Å²) in [5, 5.41) is 10.1. The fourth-order valence-corrected chi connectivity index (χ4v) is 4.39. The molecule has 1 fully saturated rings. The second-order valence-corrected chi connectivity index (χ2v) is 7.93. The Kier molecular flexibility index (Phi) is 4.23. The molecule has 0 saturated carbocycles. The van der Waals surface area contributed by atoms with Crippen LogP contribution in [-0.4, -0.2) is 36.5 Å². The second kappa shape index (κ2) is 5.47. The Labute approximate surface area is 121 Å². The van der Waals surface area contributed by atoms with E-state index in [1.54, 1.807) is 13.0 Å². The first kappa shape index (κ1) is 15.5. The van der Waals surface area contributed by atoms with Crippen molar-refractivity contribution >= 4 is 10.0 Å². The molecule has 0 aliphatic carbocycles. The highest BCUT2D eigenvalue weighted by Gasteiger charge is 2.32. The smallest absolute Gasteiger partial charge is 0.243 e. The average molecular weight is 297 g/mol. The molecule has 1 aromatic carbocycles. The van der Waals surface area contributed by atoms with Crippen molar-refractivity contribution in [2.75, 3.05) is 13.1 Å². The van der Waals surface area contributed by atoms with E-state index in [0.29, 0.717) is 37.2 Å². The summed E-state index contributed by atoms with van der Waals surface area (Å²) in [6, 6.07) is 5.49. The molecule has 1 unspecified atom stereocenters. The van der Waals surface area contributed by atoms with Gasteiger partial charge in [-0.3, -0.25) is 0 Å². The zero-order chi connectivity index (χ0) is 15.0. The number of benzene rings is 1. The molecule has 1 N–H and O–H groups in total. The number of aryl methyl sites for hydroxylation is 2. The zero-order valence-electron chi connectivity index (χ0n) is 12.4. The van der Waals surface area contributed by atoms with Crippen LogP contribution >= 0.6 is 0 Å². The van der Waals surface area contributed by atoms with Crippen LogP contribution in [0.15, 0.2) is 23.1 Å². The third-order valence-corrected chi connectivity index (χ3v) is 6.02. The first-order chi connectivity index (χ1) is 9.22. The van der Waals surface area contributed by atoms with E-state index >= 15 is 0 Å². The molecule has 4 nitrogen and oxygen atoms in total. The highest BCUT2D eigenvalue weighted by Crippen LogP contribution is 2.27. The van der Waals surface area contributed by atoms with Gasteiger partial charge in [0, 0.05) is 13.1 Å². The van der Waals surface area contributed by atoms with E-state index in [1.165, 1.54) is 4.31 Å². The summed E-state index contributed by atoms with van der Waals surface area (Å²) in [5.74, 6) is 0. The van der Waals surface area contributed by atoms with Crippen molar-refractivity contribution in [3.05, 3.63) is 29.3 Å². The zero-order valence-corrected chi connectivity index (χ0v) is 13.2. The molecular weight excluding hydrogens is 274 g/mol. The van der Waals surface area contributed by atoms with Crippen LogP contribution in [0.25, 0.3) is 0 Å². The topological polar surface area (TPSA) is 57.6 Å². The van der Waals surface area contributed by atoms with Gasteiger partial charge in [-0.05, 0) is 57.2 Å². The average Bonchev–Trinajstić information content (AvgIpc) is 2.53. The minimum absolute atomic E-state index is 0.378. The first-order valence-corrected chi connectivity index (χ1v) is 8.46. The fraction of sp³-hybridized carbons (Fsp3) is 0.600. The lowest BCUT2D eigenvalue weighted by molar-refractivity contribution is 0.0465. The van der Waals surface area contributed by atoms with Gasteiger partial charge in [-0.25, -0.2) is 8.42 Å². The minimum Gasteiger partial charge on any atom is -0.390 e. The van der Waals surface area contributed by atoms with E-state index in [1.807, 2.05) is 26.0 Å². The van der Waals surface area contributed by atoms with Crippen LogP contribution in [0.5, 0.6) is 0 Å². The Morgan fingerprint density at radius 2 is 1.90 bits per heavy atom. The molecule has 1 aromatic rings. The van der Waals surface area contributed by atoms with E-state index in [-0.39, 0.29) is 0 Å². The molecule has 0 radical (unpaired) electrons. The van der Waals surface area contributed by atoms with Crippen molar-refractivity contribution < 1.29 is 13.5 Å². The predicted octanol–water partition coefficient (Wildman–Crippen LogP) is 2.23. The lowest BCUT2D eigenvalue weighted by Crippen LogP contribution is -2.34. The maximum Gasteiger partial charge on any atom is 0.243 e. The Bertz CT molecular complexity index is 593. The van der Waals surface area contributed by atoms with Crippen LogP contribution in [0.4, 0.5) is 0 Å². The Morgan fingerprint density at radius 3 is 2.60 bits per heavy atom. The monoisotopic (exact) mass is 297 g/mol. The summed E-state index contributed by atoms with van der Waals surface area (Å²) in [6.07, 6.45) is 1.82. The SMILES string of the molecule is Cc1ccc(C)c(S(=O)(=O)N2CCCC(C)(O)CC2)c1. The number of sulfonamides is 1. The largest absolute Gasteiger partial charge is 0.390 e. The van der Waals surface area contributed by atoms with Gasteiger partial charge in [0.2, 0.25) is 10.0 Å². The number of rotatable bonds is 2. The van der Waals surface area contributed by atoms with Gasteiger partial charge < -0.3 is 5.11 Å². The standard InChI is InChI=1S/C15H23NO3S/c1-12-5-6-13(2)14(11-12)20(18,19)16-9-4-7-15(3,17)8-10-16/h5-6,11,17H,4,7-10H2,1-3H3. The molecule has 0 bridgehead atoms. The number of hydrogen-bond donors (Lipinski definition) is 1. The van der Waals surface area contributed by atoms with Gasteiger partial charge in [0.15, 0.2) is 0 Å². The van der Waals surface area contributed by atoms with Crippen LogP contribution < -0.4 is 0 Å². The molecule has 2 rings (SSSR count). The molecule has 0 spiro atoms. The Balaban J connectivity index is 2.33. The van der Waals surface area contributed by atoms with Gasteiger partial charge in [0.05, 0.1) is 10.5 Å². The Hall–Kier alpha value is -0.910. The third-order valence-electron chi connectivity index (χ3n) is 3.98. The summed E-state index contributed by atoms with van der Waals surface area (Å²) >= 11 is 0. The highest BCUT2D eigenvalue weighted by atomic mass is 32.2. The summed E-state index contributed by atoms with van der Waals surface area (Å²) in [4.78, 5) is 0.388. The number of nitrogens with zero attached hydrogens (tertiary/aromatic N) is 1. The lowest BCUT2D eigenvalue weighted by Gasteiger charge is -2.23. The Morgan fingerprint density at radius 1 is 1.20 bits per heavy atom. The second-order valence-electron chi connectivity index (χ2n) is 6.02. The van der Waals surface area contributed by atoms with Crippen molar-refractivity contribution in [2.24, 2.45) is 0 Å². The molecule has 20 heavy (non-hydrogen) atoms. The van der Waals surface area contributed by atoms with Gasteiger partial charge in [-0.1, -0.05) is 12.1 Å². The maximum atomic E-state index is 12.8. The van der Waals surface area contributed by atoms with Gasteiger partial charge in [0.1, 0.15) is 0 Å². The molecule has 1 aliphatic heterocycles. The minimum atomic E-state index is -3.47. The number of hydrogen-bond acceptors (Lipinski definition) is 3. The van der Waals surface area contributed by atoms with Crippen molar-refractivity contribution in [1.29, 1.82) is 0 Å². The highest BCUT2D eigenvalue weighted by molar-refractivity contribution is 7.89. The van der Waals surface area contributed by atoms with Crippen LogP contribution in [0, 0.1) is 13.8 Å². The van der Waals surface area contributed by atoms with Crippen molar-refractivity contribution in [1.82, 2.24) is 4.31 Å². The molecule has 0 aromatic heterocycles. The van der Waals surface area contributed by atoms with E-state index in [2.05, 4.69) is 0 Å². The van der Waals surface area contributed by atoms with Crippen molar-refractivity contribution in [3.8, 4) is 0 Å². The summed E-state index contributed by atoms with van der Waals surface area (Å²) < 4.78 is 27.0. The third kappa shape index (κ3) is 3.22. The van der Waals surface area contributed by atoms with Gasteiger partial charge in [-0.2, -0.15) is 4.31 Å². The summed E-state index contributed by atoms with van der Waals surface area (Å²) in [5.41, 5.74) is 0.953. The van der Waals surface area contributed by atoms with Crippen LogP contribution in [0.2, 0.25) is 0 Å². The first-order valence-electron chi connectivity index (χ1n) is 7.02. The van der Waals surface area contributed by atoms with E-state index in [4.69, 9.17) is 0 Å². The molecule has 0 amide bonds. The fourth-order valence-electron chi connectivity index (χ4n) is 2.60.